The molecular formula is C10H19N3S. The minimum absolute atomic E-state index is 0.570. The van der Waals surface area contributed by atoms with Crippen LogP contribution in [0.25, 0.3) is 0 Å². The van der Waals surface area contributed by atoms with E-state index in [-0.39, 0.29) is 0 Å². The SMILES string of the molecule is CNC(CSc1cnn(C)c1)C(C)C. The first kappa shape index (κ1) is 11.6. The summed E-state index contributed by atoms with van der Waals surface area (Å²) in [5.74, 6) is 1.77. The van der Waals surface area contributed by atoms with Gasteiger partial charge in [-0.2, -0.15) is 5.10 Å². The molecule has 0 aliphatic carbocycles. The van der Waals surface area contributed by atoms with Crippen LogP contribution in [0.3, 0.4) is 0 Å². The van der Waals surface area contributed by atoms with E-state index in [0.29, 0.717) is 12.0 Å². The minimum atomic E-state index is 0.570. The van der Waals surface area contributed by atoms with Gasteiger partial charge >= 0.3 is 0 Å². The second-order valence-corrected chi connectivity index (χ2v) is 4.89. The van der Waals surface area contributed by atoms with Crippen molar-refractivity contribution < 1.29 is 0 Å². The van der Waals surface area contributed by atoms with E-state index in [1.54, 1.807) is 0 Å². The van der Waals surface area contributed by atoms with Crippen molar-refractivity contribution in [2.75, 3.05) is 12.8 Å². The zero-order chi connectivity index (χ0) is 10.6. The molecule has 0 aliphatic heterocycles. The topological polar surface area (TPSA) is 29.9 Å². The molecule has 1 N–H and O–H groups in total. The van der Waals surface area contributed by atoms with E-state index in [0.717, 1.165) is 5.75 Å². The van der Waals surface area contributed by atoms with Gasteiger partial charge in [0.15, 0.2) is 0 Å². The van der Waals surface area contributed by atoms with Crippen LogP contribution in [0.15, 0.2) is 17.3 Å². The number of thioether (sulfide) groups is 1. The average Bonchev–Trinajstić information content (AvgIpc) is 2.52. The van der Waals surface area contributed by atoms with Gasteiger partial charge in [0.2, 0.25) is 0 Å². The molecule has 0 saturated carbocycles. The van der Waals surface area contributed by atoms with E-state index in [1.807, 2.05) is 36.7 Å². The highest BCUT2D eigenvalue weighted by atomic mass is 32.2. The van der Waals surface area contributed by atoms with Crippen molar-refractivity contribution in [3.8, 4) is 0 Å². The predicted molar refractivity (Wildman–Crippen MR) is 61.6 cm³/mol. The third-order valence-electron chi connectivity index (χ3n) is 2.29. The molecular weight excluding hydrogens is 194 g/mol. The van der Waals surface area contributed by atoms with E-state index < -0.39 is 0 Å². The largest absolute Gasteiger partial charge is 0.316 e. The lowest BCUT2D eigenvalue weighted by Gasteiger charge is -2.18. The van der Waals surface area contributed by atoms with Crippen LogP contribution in [0, 0.1) is 5.92 Å². The molecule has 0 fully saturated rings. The number of hydrogen-bond donors (Lipinski definition) is 1. The maximum atomic E-state index is 4.14. The number of rotatable bonds is 5. The maximum absolute atomic E-state index is 4.14. The molecule has 0 aromatic carbocycles. The molecule has 1 aromatic rings. The van der Waals surface area contributed by atoms with Gasteiger partial charge in [0.05, 0.1) is 6.20 Å². The van der Waals surface area contributed by atoms with Crippen molar-refractivity contribution in [2.24, 2.45) is 13.0 Å². The van der Waals surface area contributed by atoms with Crippen molar-refractivity contribution in [3.05, 3.63) is 12.4 Å². The third-order valence-corrected chi connectivity index (χ3v) is 3.36. The molecule has 0 bridgehead atoms. The van der Waals surface area contributed by atoms with Crippen LogP contribution in [0.4, 0.5) is 0 Å². The van der Waals surface area contributed by atoms with Gasteiger partial charge in [-0.1, -0.05) is 13.8 Å². The number of nitrogens with zero attached hydrogens (tertiary/aromatic N) is 2. The van der Waals surface area contributed by atoms with Crippen molar-refractivity contribution in [3.63, 3.8) is 0 Å². The van der Waals surface area contributed by atoms with Crippen molar-refractivity contribution in [1.82, 2.24) is 15.1 Å². The highest BCUT2D eigenvalue weighted by molar-refractivity contribution is 7.99. The lowest BCUT2D eigenvalue weighted by Crippen LogP contribution is -2.32. The summed E-state index contributed by atoms with van der Waals surface area (Å²) in [5, 5.41) is 7.47. The minimum Gasteiger partial charge on any atom is -0.316 e. The summed E-state index contributed by atoms with van der Waals surface area (Å²) in [6.07, 6.45) is 3.97. The van der Waals surface area contributed by atoms with Gasteiger partial charge in [0.25, 0.3) is 0 Å². The summed E-state index contributed by atoms with van der Waals surface area (Å²) in [4.78, 5) is 1.24. The Bertz CT molecular complexity index is 270. The molecule has 0 amide bonds. The fraction of sp³-hybridized carbons (Fsp3) is 0.700. The van der Waals surface area contributed by atoms with Gasteiger partial charge in [-0.15, -0.1) is 11.8 Å². The van der Waals surface area contributed by atoms with E-state index in [4.69, 9.17) is 0 Å². The fourth-order valence-electron chi connectivity index (χ4n) is 1.27. The van der Waals surface area contributed by atoms with Crippen LogP contribution in [-0.2, 0) is 7.05 Å². The summed E-state index contributed by atoms with van der Waals surface area (Å²) < 4.78 is 1.84. The molecule has 1 aromatic heterocycles. The van der Waals surface area contributed by atoms with E-state index in [1.165, 1.54) is 4.90 Å². The Balaban J connectivity index is 2.39. The maximum Gasteiger partial charge on any atom is 0.0625 e. The Labute approximate surface area is 90.3 Å². The fourth-order valence-corrected chi connectivity index (χ4v) is 2.54. The first-order valence-electron chi connectivity index (χ1n) is 4.92. The normalized spacial score (nSPS) is 13.5. The molecule has 3 nitrogen and oxygen atoms in total. The molecule has 1 unspecified atom stereocenters. The molecule has 1 heterocycles. The van der Waals surface area contributed by atoms with Crippen LogP contribution >= 0.6 is 11.8 Å². The zero-order valence-corrected chi connectivity index (χ0v) is 10.1. The number of nitrogens with one attached hydrogen (secondary N) is 1. The van der Waals surface area contributed by atoms with E-state index in [9.17, 15) is 0 Å². The monoisotopic (exact) mass is 213 g/mol. The molecule has 1 atom stereocenters. The standard InChI is InChI=1S/C10H19N3S/c1-8(2)10(11-3)7-14-9-5-12-13(4)6-9/h5-6,8,10-11H,7H2,1-4H3. The van der Waals surface area contributed by atoms with E-state index in [2.05, 4.69) is 30.5 Å². The smallest absolute Gasteiger partial charge is 0.0625 e. The number of hydrogen-bond acceptors (Lipinski definition) is 3. The van der Waals surface area contributed by atoms with Gasteiger partial charge in [-0.25, -0.2) is 0 Å². The van der Waals surface area contributed by atoms with Gasteiger partial charge in [0, 0.05) is 29.9 Å². The molecule has 80 valence electrons. The highest BCUT2D eigenvalue weighted by Gasteiger charge is 2.11. The van der Waals surface area contributed by atoms with E-state index >= 15 is 0 Å². The highest BCUT2D eigenvalue weighted by Crippen LogP contribution is 2.19. The Hall–Kier alpha value is -0.480. The second-order valence-electron chi connectivity index (χ2n) is 3.80. The Kier molecular flexibility index (Phi) is 4.48. The molecule has 0 spiro atoms. The van der Waals surface area contributed by atoms with Gasteiger partial charge < -0.3 is 5.32 Å². The summed E-state index contributed by atoms with van der Waals surface area (Å²) >= 11 is 1.86. The molecule has 0 saturated heterocycles. The van der Waals surface area contributed by atoms with Gasteiger partial charge in [0.1, 0.15) is 0 Å². The lowest BCUT2D eigenvalue weighted by molar-refractivity contribution is 0.465. The van der Waals surface area contributed by atoms with Crippen LogP contribution in [0.5, 0.6) is 0 Å². The molecule has 0 radical (unpaired) electrons. The van der Waals surface area contributed by atoms with Crippen LogP contribution in [0.1, 0.15) is 13.8 Å². The average molecular weight is 213 g/mol. The van der Waals surface area contributed by atoms with Crippen molar-refractivity contribution in [2.45, 2.75) is 24.8 Å². The lowest BCUT2D eigenvalue weighted by atomic mass is 10.1. The van der Waals surface area contributed by atoms with Crippen LogP contribution in [-0.4, -0.2) is 28.6 Å². The van der Waals surface area contributed by atoms with Gasteiger partial charge in [-0.05, 0) is 13.0 Å². The molecule has 4 heteroatoms. The molecule has 14 heavy (non-hydrogen) atoms. The first-order valence-corrected chi connectivity index (χ1v) is 5.90. The van der Waals surface area contributed by atoms with Crippen molar-refractivity contribution in [1.29, 1.82) is 0 Å². The van der Waals surface area contributed by atoms with Crippen molar-refractivity contribution >= 4 is 11.8 Å². The molecule has 1 rings (SSSR count). The number of aromatic nitrogens is 2. The molecule has 0 aliphatic rings. The predicted octanol–water partition coefficient (Wildman–Crippen LogP) is 1.76. The van der Waals surface area contributed by atoms with Gasteiger partial charge in [-0.3, -0.25) is 4.68 Å². The third kappa shape index (κ3) is 3.35. The number of aryl methyl sites for hydroxylation is 1. The summed E-state index contributed by atoms with van der Waals surface area (Å²) in [6.45, 7) is 4.48. The summed E-state index contributed by atoms with van der Waals surface area (Å²) in [5.41, 5.74) is 0. The Morgan fingerprint density at radius 2 is 2.29 bits per heavy atom. The summed E-state index contributed by atoms with van der Waals surface area (Å²) in [6, 6.07) is 0.570. The Morgan fingerprint density at radius 1 is 1.57 bits per heavy atom. The first-order chi connectivity index (χ1) is 6.63. The Morgan fingerprint density at radius 3 is 2.71 bits per heavy atom. The zero-order valence-electron chi connectivity index (χ0n) is 9.32. The van der Waals surface area contributed by atoms with Crippen LogP contribution < -0.4 is 5.32 Å². The second kappa shape index (κ2) is 5.41. The summed E-state index contributed by atoms with van der Waals surface area (Å²) in [7, 11) is 3.97. The quantitative estimate of drug-likeness (QED) is 0.756. The van der Waals surface area contributed by atoms with Crippen LogP contribution in [0.2, 0.25) is 0 Å².